The van der Waals surface area contributed by atoms with E-state index in [1.807, 2.05) is 50.2 Å². The van der Waals surface area contributed by atoms with E-state index in [0.717, 1.165) is 11.1 Å². The molecular formula is C20H21N3O3S. The average molecular weight is 383 g/mol. The molecule has 0 spiro atoms. The Morgan fingerprint density at radius 1 is 1.26 bits per heavy atom. The van der Waals surface area contributed by atoms with Crippen LogP contribution >= 0.6 is 12.2 Å². The predicted octanol–water partition coefficient (Wildman–Crippen LogP) is 4.36. The number of amides is 1. The standard InChI is InChI=1S/C20H21N3O3S/c1-12(2)10-18(24)23-20(27)22-15-11-13(8-9-16(15)25-3)19-21-14-6-4-5-7-17(14)26-19/h4-9,11-12H,10H2,1-3H3,(H2,22,23,24,27). The van der Waals surface area contributed by atoms with Crippen LogP contribution in [0, 0.1) is 5.92 Å². The number of oxazole rings is 1. The molecular weight excluding hydrogens is 362 g/mol. The average Bonchev–Trinajstić information content (AvgIpc) is 3.04. The third-order valence-electron chi connectivity index (χ3n) is 3.84. The van der Waals surface area contributed by atoms with Crippen molar-refractivity contribution in [3.05, 3.63) is 42.5 Å². The Morgan fingerprint density at radius 3 is 2.74 bits per heavy atom. The van der Waals surface area contributed by atoms with E-state index >= 15 is 0 Å². The summed E-state index contributed by atoms with van der Waals surface area (Å²) >= 11 is 5.25. The molecule has 3 rings (SSSR count). The normalized spacial score (nSPS) is 10.8. The van der Waals surface area contributed by atoms with Crippen LogP contribution < -0.4 is 15.4 Å². The highest BCUT2D eigenvalue weighted by atomic mass is 32.1. The van der Waals surface area contributed by atoms with Crippen LogP contribution in [-0.2, 0) is 4.79 Å². The lowest BCUT2D eigenvalue weighted by Gasteiger charge is -2.14. The summed E-state index contributed by atoms with van der Waals surface area (Å²) in [5, 5.41) is 5.91. The summed E-state index contributed by atoms with van der Waals surface area (Å²) in [6.07, 6.45) is 0.405. The maximum absolute atomic E-state index is 11.9. The van der Waals surface area contributed by atoms with Gasteiger partial charge in [0.2, 0.25) is 11.8 Å². The molecule has 27 heavy (non-hydrogen) atoms. The molecule has 1 heterocycles. The van der Waals surface area contributed by atoms with Crippen LogP contribution in [0.3, 0.4) is 0 Å². The van der Waals surface area contributed by atoms with Gasteiger partial charge in [-0.05, 0) is 48.5 Å². The molecule has 0 atom stereocenters. The highest BCUT2D eigenvalue weighted by molar-refractivity contribution is 7.80. The molecule has 0 radical (unpaired) electrons. The number of thiocarbonyl (C=S) groups is 1. The summed E-state index contributed by atoms with van der Waals surface area (Å²) < 4.78 is 11.2. The number of para-hydroxylation sites is 2. The largest absolute Gasteiger partial charge is 0.495 e. The van der Waals surface area contributed by atoms with Crippen molar-refractivity contribution in [3.8, 4) is 17.2 Å². The Balaban J connectivity index is 1.83. The number of aromatic nitrogens is 1. The molecule has 0 fully saturated rings. The van der Waals surface area contributed by atoms with Crippen molar-refractivity contribution in [1.82, 2.24) is 10.3 Å². The molecule has 0 aliphatic heterocycles. The van der Waals surface area contributed by atoms with Crippen molar-refractivity contribution >= 4 is 40.0 Å². The Morgan fingerprint density at radius 2 is 2.04 bits per heavy atom. The molecule has 0 aliphatic carbocycles. The first-order chi connectivity index (χ1) is 13.0. The van der Waals surface area contributed by atoms with Crippen molar-refractivity contribution in [2.75, 3.05) is 12.4 Å². The van der Waals surface area contributed by atoms with Crippen LogP contribution in [0.5, 0.6) is 5.75 Å². The van der Waals surface area contributed by atoms with Crippen molar-refractivity contribution in [2.24, 2.45) is 5.92 Å². The molecule has 2 N–H and O–H groups in total. The molecule has 6 nitrogen and oxygen atoms in total. The number of carbonyl (C=O) groups is 1. The zero-order valence-corrected chi connectivity index (χ0v) is 16.2. The van der Waals surface area contributed by atoms with Crippen LogP contribution in [0.1, 0.15) is 20.3 Å². The fourth-order valence-corrected chi connectivity index (χ4v) is 2.86. The van der Waals surface area contributed by atoms with Gasteiger partial charge in [-0.1, -0.05) is 26.0 Å². The number of nitrogens with one attached hydrogen (secondary N) is 2. The lowest BCUT2D eigenvalue weighted by atomic mass is 10.1. The van der Waals surface area contributed by atoms with Gasteiger partial charge in [0.25, 0.3) is 0 Å². The Hall–Kier alpha value is -2.93. The van der Waals surface area contributed by atoms with Crippen molar-refractivity contribution in [2.45, 2.75) is 20.3 Å². The van der Waals surface area contributed by atoms with E-state index in [9.17, 15) is 4.79 Å². The van der Waals surface area contributed by atoms with Crippen molar-refractivity contribution in [1.29, 1.82) is 0 Å². The molecule has 2 aromatic carbocycles. The van der Waals surface area contributed by atoms with Gasteiger partial charge in [-0.25, -0.2) is 4.98 Å². The summed E-state index contributed by atoms with van der Waals surface area (Å²) in [5.41, 5.74) is 2.89. The monoisotopic (exact) mass is 383 g/mol. The molecule has 0 unspecified atom stereocenters. The van der Waals surface area contributed by atoms with Crippen LogP contribution in [0.4, 0.5) is 5.69 Å². The smallest absolute Gasteiger partial charge is 0.227 e. The predicted molar refractivity (Wildman–Crippen MR) is 110 cm³/mol. The van der Waals surface area contributed by atoms with E-state index in [1.165, 1.54) is 0 Å². The topological polar surface area (TPSA) is 76.4 Å². The van der Waals surface area contributed by atoms with Gasteiger partial charge in [0.05, 0.1) is 12.8 Å². The van der Waals surface area contributed by atoms with Crippen LogP contribution in [-0.4, -0.2) is 23.1 Å². The fourth-order valence-electron chi connectivity index (χ4n) is 2.64. The maximum Gasteiger partial charge on any atom is 0.227 e. The van der Waals surface area contributed by atoms with Crippen molar-refractivity contribution in [3.63, 3.8) is 0 Å². The number of hydrogen-bond acceptors (Lipinski definition) is 5. The third-order valence-corrected chi connectivity index (χ3v) is 4.04. The fraction of sp³-hybridized carbons (Fsp3) is 0.250. The number of benzene rings is 2. The van der Waals surface area contributed by atoms with E-state index in [-0.39, 0.29) is 16.9 Å². The molecule has 0 saturated carbocycles. The molecule has 7 heteroatoms. The van der Waals surface area contributed by atoms with E-state index in [0.29, 0.717) is 29.3 Å². The Labute approximate surface area is 162 Å². The second-order valence-electron chi connectivity index (χ2n) is 6.50. The van der Waals surface area contributed by atoms with Crippen molar-refractivity contribution < 1.29 is 13.9 Å². The van der Waals surface area contributed by atoms with Gasteiger partial charge in [-0.15, -0.1) is 0 Å². The highest BCUT2D eigenvalue weighted by Gasteiger charge is 2.13. The molecule has 0 aliphatic rings. The zero-order valence-electron chi connectivity index (χ0n) is 15.4. The quantitative estimate of drug-likeness (QED) is 0.638. The maximum atomic E-state index is 11.9. The SMILES string of the molecule is COc1ccc(-c2nc3ccccc3o2)cc1NC(=S)NC(=O)CC(C)C. The molecule has 0 bridgehead atoms. The first-order valence-corrected chi connectivity index (χ1v) is 9.02. The number of fused-ring (bicyclic) bond motifs is 1. The number of nitrogens with zero attached hydrogens (tertiary/aromatic N) is 1. The molecule has 1 aromatic heterocycles. The van der Waals surface area contributed by atoms with Gasteiger partial charge in [0.1, 0.15) is 11.3 Å². The summed E-state index contributed by atoms with van der Waals surface area (Å²) in [6.45, 7) is 3.95. The van der Waals surface area contributed by atoms with Gasteiger partial charge < -0.3 is 19.8 Å². The molecule has 1 amide bonds. The lowest BCUT2D eigenvalue weighted by molar-refractivity contribution is -0.120. The first kappa shape index (κ1) is 18.8. The van der Waals surface area contributed by atoms with E-state index in [1.54, 1.807) is 13.2 Å². The Kier molecular flexibility index (Phi) is 5.71. The van der Waals surface area contributed by atoms with Crippen LogP contribution in [0.15, 0.2) is 46.9 Å². The lowest BCUT2D eigenvalue weighted by Crippen LogP contribution is -2.34. The zero-order chi connectivity index (χ0) is 19.4. The molecule has 0 saturated heterocycles. The van der Waals surface area contributed by atoms with Gasteiger partial charge in [-0.2, -0.15) is 0 Å². The Bertz CT molecular complexity index is 949. The van der Waals surface area contributed by atoms with Crippen LogP contribution in [0.25, 0.3) is 22.6 Å². The number of rotatable bonds is 5. The summed E-state index contributed by atoms with van der Waals surface area (Å²) in [4.78, 5) is 16.4. The number of hydrogen-bond donors (Lipinski definition) is 2. The number of anilines is 1. The van der Waals surface area contributed by atoms with Gasteiger partial charge >= 0.3 is 0 Å². The minimum Gasteiger partial charge on any atom is -0.495 e. The minimum absolute atomic E-state index is 0.128. The number of ether oxygens (including phenoxy) is 1. The highest BCUT2D eigenvalue weighted by Crippen LogP contribution is 2.31. The minimum atomic E-state index is -0.128. The van der Waals surface area contributed by atoms with Crippen LogP contribution in [0.2, 0.25) is 0 Å². The first-order valence-electron chi connectivity index (χ1n) is 8.61. The van der Waals surface area contributed by atoms with Gasteiger partial charge in [-0.3, -0.25) is 4.79 Å². The summed E-state index contributed by atoms with van der Waals surface area (Å²) in [7, 11) is 1.57. The number of methoxy groups -OCH3 is 1. The molecule has 140 valence electrons. The second-order valence-corrected chi connectivity index (χ2v) is 6.91. The van der Waals surface area contributed by atoms with E-state index in [4.69, 9.17) is 21.4 Å². The van der Waals surface area contributed by atoms with Gasteiger partial charge in [0, 0.05) is 12.0 Å². The summed E-state index contributed by atoms with van der Waals surface area (Å²) in [6, 6.07) is 13.0. The number of carbonyl (C=O) groups excluding carboxylic acids is 1. The molecule has 3 aromatic rings. The van der Waals surface area contributed by atoms with E-state index in [2.05, 4.69) is 15.6 Å². The third kappa shape index (κ3) is 4.62. The second kappa shape index (κ2) is 8.18. The van der Waals surface area contributed by atoms with E-state index < -0.39 is 0 Å². The van der Waals surface area contributed by atoms with Gasteiger partial charge in [0.15, 0.2) is 10.7 Å². The summed E-state index contributed by atoms with van der Waals surface area (Å²) in [5.74, 6) is 1.22.